The van der Waals surface area contributed by atoms with Crippen molar-refractivity contribution in [1.82, 2.24) is 15.0 Å². The minimum absolute atomic E-state index is 0.0593. The number of halogens is 2. The first-order valence-corrected chi connectivity index (χ1v) is 11.4. The van der Waals surface area contributed by atoms with E-state index in [2.05, 4.69) is 26.3 Å². The lowest BCUT2D eigenvalue weighted by molar-refractivity contribution is 0.00794. The molecule has 1 saturated heterocycles. The van der Waals surface area contributed by atoms with Crippen LogP contribution in [0.1, 0.15) is 47.4 Å². The highest BCUT2D eigenvalue weighted by Crippen LogP contribution is 2.38. The Kier molecular flexibility index (Phi) is 6.03. The normalized spacial score (nSPS) is 22.1. The van der Waals surface area contributed by atoms with Gasteiger partial charge in [-0.15, -0.1) is 0 Å². The first-order chi connectivity index (χ1) is 16.4. The number of aromatic nitrogens is 3. The van der Waals surface area contributed by atoms with Crippen molar-refractivity contribution in [1.29, 1.82) is 0 Å². The molecule has 0 radical (unpaired) electrons. The number of nitrogens with zero attached hydrogens (tertiary/aromatic N) is 4. The molecule has 1 unspecified atom stereocenters. The molecule has 0 aliphatic carbocycles. The van der Waals surface area contributed by atoms with Gasteiger partial charge >= 0.3 is 0 Å². The predicted molar refractivity (Wildman–Crippen MR) is 124 cm³/mol. The van der Waals surface area contributed by atoms with Crippen molar-refractivity contribution in [3.8, 4) is 5.75 Å². The second-order valence-corrected chi connectivity index (χ2v) is 8.92. The van der Waals surface area contributed by atoms with Gasteiger partial charge in [-0.05, 0) is 61.6 Å². The number of ether oxygens (including phenoxy) is 2. The summed E-state index contributed by atoms with van der Waals surface area (Å²) in [4.78, 5) is 15.2. The number of hydrogen-bond acceptors (Lipinski definition) is 7. The van der Waals surface area contributed by atoms with Gasteiger partial charge < -0.3 is 19.7 Å². The minimum Gasteiger partial charge on any atom is -0.486 e. The van der Waals surface area contributed by atoms with Crippen molar-refractivity contribution in [3.63, 3.8) is 0 Å². The van der Waals surface area contributed by atoms with Crippen LogP contribution in [0.25, 0.3) is 0 Å². The molecule has 0 amide bonds. The summed E-state index contributed by atoms with van der Waals surface area (Å²) in [6.07, 6.45) is 5.30. The average Bonchev–Trinajstić information content (AvgIpc) is 2.83. The van der Waals surface area contributed by atoms with E-state index in [1.807, 2.05) is 31.1 Å². The van der Waals surface area contributed by atoms with Gasteiger partial charge in [0.1, 0.15) is 6.61 Å². The first-order valence-electron chi connectivity index (χ1n) is 11.4. The van der Waals surface area contributed by atoms with Crippen LogP contribution in [-0.4, -0.2) is 41.3 Å². The van der Waals surface area contributed by atoms with Crippen LogP contribution in [0.2, 0.25) is 0 Å². The van der Waals surface area contributed by atoms with E-state index in [4.69, 9.17) is 9.47 Å². The summed E-state index contributed by atoms with van der Waals surface area (Å²) in [7, 11) is 1.87. The second kappa shape index (κ2) is 9.13. The maximum absolute atomic E-state index is 14.0. The van der Waals surface area contributed by atoms with E-state index >= 15 is 0 Å². The Morgan fingerprint density at radius 1 is 1.06 bits per heavy atom. The average molecular weight is 468 g/mol. The van der Waals surface area contributed by atoms with Gasteiger partial charge in [0.05, 0.1) is 31.0 Å². The molecule has 2 aliphatic heterocycles. The third-order valence-electron chi connectivity index (χ3n) is 6.45. The summed E-state index contributed by atoms with van der Waals surface area (Å²) in [6, 6.07) is 6.71. The van der Waals surface area contributed by atoms with Crippen molar-refractivity contribution >= 4 is 11.8 Å². The molecule has 34 heavy (non-hydrogen) atoms. The van der Waals surface area contributed by atoms with Gasteiger partial charge in [0.15, 0.2) is 23.2 Å². The molecule has 2 aliphatic rings. The Bertz CT molecular complexity index is 1180. The van der Waals surface area contributed by atoms with E-state index in [9.17, 15) is 8.78 Å². The molecule has 5 rings (SSSR count). The van der Waals surface area contributed by atoms with Gasteiger partial charge in [0.2, 0.25) is 5.95 Å². The summed E-state index contributed by atoms with van der Waals surface area (Å²) in [6.45, 7) is 4.35. The fraction of sp³-hybridized carbons (Fsp3) is 0.400. The van der Waals surface area contributed by atoms with E-state index in [1.54, 1.807) is 19.2 Å². The predicted octanol–water partition coefficient (Wildman–Crippen LogP) is 4.67. The Hall–Kier alpha value is -3.33. The van der Waals surface area contributed by atoms with Crippen LogP contribution in [0.3, 0.4) is 0 Å². The maximum atomic E-state index is 14.0. The Labute approximate surface area is 197 Å². The number of benzene rings is 1. The summed E-state index contributed by atoms with van der Waals surface area (Å²) in [5.41, 5.74) is 3.02. The molecule has 178 valence electrons. The Morgan fingerprint density at radius 2 is 1.91 bits per heavy atom. The zero-order valence-electron chi connectivity index (χ0n) is 19.4. The zero-order chi connectivity index (χ0) is 23.8. The largest absolute Gasteiger partial charge is 0.486 e. The van der Waals surface area contributed by atoms with Crippen LogP contribution >= 0.6 is 0 Å². The van der Waals surface area contributed by atoms with Crippen molar-refractivity contribution in [2.24, 2.45) is 0 Å². The van der Waals surface area contributed by atoms with Gasteiger partial charge in [0.25, 0.3) is 0 Å². The number of pyridine rings is 1. The number of likely N-dealkylation sites (N-methyl/N-ethyl adjacent to an activating group) is 1. The smallest absolute Gasteiger partial charge is 0.225 e. The fourth-order valence-electron chi connectivity index (χ4n) is 4.56. The quantitative estimate of drug-likeness (QED) is 0.598. The molecule has 3 atom stereocenters. The number of fused-ring (bicyclic) bond motifs is 1. The number of nitrogens with one attached hydrogen (secondary N) is 1. The highest BCUT2D eigenvalue weighted by Gasteiger charge is 2.30. The Balaban J connectivity index is 1.28. The molecule has 1 fully saturated rings. The third kappa shape index (κ3) is 4.40. The molecule has 0 saturated carbocycles. The lowest BCUT2D eigenvalue weighted by Crippen LogP contribution is -2.35. The third-order valence-corrected chi connectivity index (χ3v) is 6.45. The van der Waals surface area contributed by atoms with E-state index in [1.165, 1.54) is 6.07 Å². The van der Waals surface area contributed by atoms with E-state index in [-0.39, 0.29) is 30.4 Å². The molecule has 3 aromatic rings. The lowest BCUT2D eigenvalue weighted by atomic mass is 9.99. The molecule has 7 nitrogen and oxygen atoms in total. The van der Waals surface area contributed by atoms with Gasteiger partial charge in [0, 0.05) is 18.9 Å². The highest BCUT2D eigenvalue weighted by molar-refractivity contribution is 5.57. The van der Waals surface area contributed by atoms with Crippen LogP contribution in [0, 0.1) is 25.5 Å². The van der Waals surface area contributed by atoms with E-state index in [0.29, 0.717) is 29.7 Å². The molecular weight excluding hydrogens is 440 g/mol. The van der Waals surface area contributed by atoms with Crippen LogP contribution in [0.15, 0.2) is 36.7 Å². The maximum Gasteiger partial charge on any atom is 0.225 e. The zero-order valence-corrected chi connectivity index (χ0v) is 19.4. The van der Waals surface area contributed by atoms with Gasteiger partial charge in [-0.1, -0.05) is 6.07 Å². The monoisotopic (exact) mass is 467 g/mol. The number of anilines is 2. The van der Waals surface area contributed by atoms with Crippen LogP contribution in [0.4, 0.5) is 20.5 Å². The van der Waals surface area contributed by atoms with Crippen molar-refractivity contribution in [2.45, 2.75) is 44.9 Å². The summed E-state index contributed by atoms with van der Waals surface area (Å²) < 4.78 is 39.7. The van der Waals surface area contributed by atoms with Crippen LogP contribution in [0.5, 0.6) is 5.75 Å². The van der Waals surface area contributed by atoms with Crippen molar-refractivity contribution in [3.05, 3.63) is 70.7 Å². The molecule has 0 bridgehead atoms. The summed E-state index contributed by atoms with van der Waals surface area (Å²) in [5.74, 6) is -0.0668. The molecular formula is C25H27F2N5O2. The Morgan fingerprint density at radius 3 is 2.65 bits per heavy atom. The fourth-order valence-corrected chi connectivity index (χ4v) is 4.56. The lowest BCUT2D eigenvalue weighted by Gasteiger charge is -2.35. The molecule has 9 heteroatoms. The number of hydrogen-bond donors (Lipinski definition) is 1. The minimum atomic E-state index is -0.864. The molecule has 0 spiro atoms. The van der Waals surface area contributed by atoms with Crippen molar-refractivity contribution < 1.29 is 18.3 Å². The van der Waals surface area contributed by atoms with Gasteiger partial charge in [-0.25, -0.2) is 13.8 Å². The highest BCUT2D eigenvalue weighted by atomic mass is 19.2. The molecule has 1 N–H and O–H groups in total. The topological polar surface area (TPSA) is 72.4 Å². The number of rotatable bonds is 4. The number of aryl methyl sites for hydroxylation is 2. The van der Waals surface area contributed by atoms with E-state index < -0.39 is 11.6 Å². The second-order valence-electron chi connectivity index (χ2n) is 8.92. The van der Waals surface area contributed by atoms with Crippen LogP contribution in [-0.2, 0) is 4.74 Å². The SMILES string of the molecule is Cc1cc([C@@H]2CC[C@@H](Nc3ncc4c(n3)N(C)C(c3cc(C)c(F)c(F)c3)CO4)CO2)ccn1. The standard InChI is InChI=1S/C25H27F2N5O2/c1-14-8-17(10-19(26)23(14)27)20-13-34-22-11-29-25(31-24(22)32(20)3)30-18-4-5-21(33-12-18)16-6-7-28-15(2)9-16/h6-11,18,20-21H,4-5,12-13H2,1-3H3,(H,29,30,31)/t18-,20?,21+/m1/s1. The van der Waals surface area contributed by atoms with Gasteiger partial charge in [-0.2, -0.15) is 4.98 Å². The summed E-state index contributed by atoms with van der Waals surface area (Å²) >= 11 is 0. The molecule has 2 aromatic heterocycles. The van der Waals surface area contributed by atoms with Gasteiger partial charge in [-0.3, -0.25) is 4.98 Å². The van der Waals surface area contributed by atoms with Crippen LogP contribution < -0.4 is 15.0 Å². The molecule has 4 heterocycles. The summed E-state index contributed by atoms with van der Waals surface area (Å²) in [5, 5.41) is 3.36. The first kappa shape index (κ1) is 22.5. The molecule has 1 aromatic carbocycles. The van der Waals surface area contributed by atoms with E-state index in [0.717, 1.165) is 24.1 Å². The van der Waals surface area contributed by atoms with Crippen molar-refractivity contribution in [2.75, 3.05) is 30.5 Å².